The zero-order valence-corrected chi connectivity index (χ0v) is 8.33. The summed E-state index contributed by atoms with van der Waals surface area (Å²) in [6.45, 7) is 6.98. The lowest BCUT2D eigenvalue weighted by Crippen LogP contribution is -2.55. The molecule has 0 unspecified atom stereocenters. The zero-order valence-electron chi connectivity index (χ0n) is 8.33. The van der Waals surface area contributed by atoms with Crippen LogP contribution in [-0.2, 0) is 0 Å². The number of nitrogens with one attached hydrogen (secondary N) is 1. The third-order valence-corrected chi connectivity index (χ3v) is 3.94. The SMILES string of the molecule is CCC1(C(C)(C)NC)CCC1. The van der Waals surface area contributed by atoms with E-state index in [1.165, 1.54) is 25.7 Å². The second kappa shape index (κ2) is 2.78. The van der Waals surface area contributed by atoms with Crippen molar-refractivity contribution in [2.75, 3.05) is 7.05 Å². The Morgan fingerprint density at radius 2 is 1.91 bits per heavy atom. The van der Waals surface area contributed by atoms with Gasteiger partial charge in [0.05, 0.1) is 0 Å². The maximum absolute atomic E-state index is 3.44. The fourth-order valence-electron chi connectivity index (χ4n) is 2.29. The predicted molar refractivity (Wildman–Crippen MR) is 49.7 cm³/mol. The molecule has 11 heavy (non-hydrogen) atoms. The minimum Gasteiger partial charge on any atom is -0.314 e. The van der Waals surface area contributed by atoms with Crippen molar-refractivity contribution in [1.29, 1.82) is 0 Å². The van der Waals surface area contributed by atoms with Crippen molar-refractivity contribution in [2.45, 2.75) is 52.0 Å². The fraction of sp³-hybridized carbons (Fsp3) is 1.00. The molecule has 1 heteroatoms. The van der Waals surface area contributed by atoms with Crippen LogP contribution in [0.15, 0.2) is 0 Å². The largest absolute Gasteiger partial charge is 0.314 e. The molecule has 0 spiro atoms. The monoisotopic (exact) mass is 155 g/mol. The summed E-state index contributed by atoms with van der Waals surface area (Å²) in [6, 6.07) is 0. The van der Waals surface area contributed by atoms with E-state index in [-0.39, 0.29) is 0 Å². The zero-order chi connectivity index (χ0) is 8.54. The molecule has 66 valence electrons. The molecule has 1 nitrogen and oxygen atoms in total. The second-order valence-electron chi connectivity index (χ2n) is 4.36. The Hall–Kier alpha value is -0.0400. The van der Waals surface area contributed by atoms with Crippen LogP contribution in [0, 0.1) is 5.41 Å². The Kier molecular flexibility index (Phi) is 2.29. The molecule has 0 heterocycles. The van der Waals surface area contributed by atoms with Crippen LogP contribution in [0.3, 0.4) is 0 Å². The van der Waals surface area contributed by atoms with Gasteiger partial charge in [-0.2, -0.15) is 0 Å². The first kappa shape index (κ1) is 9.05. The minimum atomic E-state index is 0.333. The van der Waals surface area contributed by atoms with Gasteiger partial charge in [-0.3, -0.25) is 0 Å². The van der Waals surface area contributed by atoms with E-state index < -0.39 is 0 Å². The molecule has 0 radical (unpaired) electrons. The molecule has 1 N–H and O–H groups in total. The summed E-state index contributed by atoms with van der Waals surface area (Å²) in [5, 5.41) is 3.44. The maximum atomic E-state index is 3.44. The molecule has 1 aliphatic carbocycles. The molecule has 0 aliphatic heterocycles. The molecule has 1 rings (SSSR count). The molecule has 1 saturated carbocycles. The Balaban J connectivity index is 2.68. The van der Waals surface area contributed by atoms with E-state index in [1.807, 2.05) is 0 Å². The van der Waals surface area contributed by atoms with Crippen molar-refractivity contribution in [1.82, 2.24) is 5.32 Å². The van der Waals surface area contributed by atoms with Gasteiger partial charge in [0.15, 0.2) is 0 Å². The van der Waals surface area contributed by atoms with Crippen molar-refractivity contribution >= 4 is 0 Å². The van der Waals surface area contributed by atoms with E-state index in [0.717, 1.165) is 0 Å². The van der Waals surface area contributed by atoms with Crippen molar-refractivity contribution in [3.05, 3.63) is 0 Å². The molecule has 0 aromatic carbocycles. The summed E-state index contributed by atoms with van der Waals surface area (Å²) in [6.07, 6.45) is 5.58. The van der Waals surface area contributed by atoms with Crippen LogP contribution >= 0.6 is 0 Å². The standard InChI is InChI=1S/C10H21N/c1-5-10(7-6-8-10)9(2,3)11-4/h11H,5-8H2,1-4H3. The maximum Gasteiger partial charge on any atom is 0.0178 e. The van der Waals surface area contributed by atoms with E-state index in [0.29, 0.717) is 11.0 Å². The third kappa shape index (κ3) is 1.20. The lowest BCUT2D eigenvalue weighted by Gasteiger charge is -2.53. The number of hydrogen-bond donors (Lipinski definition) is 1. The highest BCUT2D eigenvalue weighted by Gasteiger charge is 2.46. The second-order valence-corrected chi connectivity index (χ2v) is 4.36. The number of hydrogen-bond acceptors (Lipinski definition) is 1. The summed E-state index contributed by atoms with van der Waals surface area (Å²) in [4.78, 5) is 0. The Morgan fingerprint density at radius 1 is 1.36 bits per heavy atom. The lowest BCUT2D eigenvalue weighted by atomic mass is 9.57. The minimum absolute atomic E-state index is 0.333. The Morgan fingerprint density at radius 3 is 2.00 bits per heavy atom. The molecular formula is C10H21N. The van der Waals surface area contributed by atoms with Gasteiger partial charge in [-0.15, -0.1) is 0 Å². The molecule has 0 saturated heterocycles. The molecule has 0 amide bonds. The summed E-state index contributed by atoms with van der Waals surface area (Å²) < 4.78 is 0. The molecule has 0 bridgehead atoms. The van der Waals surface area contributed by atoms with Gasteiger partial charge < -0.3 is 5.32 Å². The lowest BCUT2D eigenvalue weighted by molar-refractivity contribution is 0.0206. The Bertz CT molecular complexity index is 128. The summed E-state index contributed by atoms with van der Waals surface area (Å²) in [5.74, 6) is 0. The quantitative estimate of drug-likeness (QED) is 0.660. The fourth-order valence-corrected chi connectivity index (χ4v) is 2.29. The van der Waals surface area contributed by atoms with E-state index in [4.69, 9.17) is 0 Å². The van der Waals surface area contributed by atoms with E-state index in [1.54, 1.807) is 0 Å². The average Bonchev–Trinajstić information content (AvgIpc) is 1.86. The Labute approximate surface area is 70.6 Å². The van der Waals surface area contributed by atoms with Crippen LogP contribution in [0.2, 0.25) is 0 Å². The third-order valence-electron chi connectivity index (χ3n) is 3.94. The van der Waals surface area contributed by atoms with Gasteiger partial charge in [0.1, 0.15) is 0 Å². The first-order valence-corrected chi connectivity index (χ1v) is 4.77. The van der Waals surface area contributed by atoms with Crippen molar-refractivity contribution in [3.8, 4) is 0 Å². The average molecular weight is 155 g/mol. The van der Waals surface area contributed by atoms with Crippen LogP contribution in [0.25, 0.3) is 0 Å². The molecule has 1 aliphatic rings. The van der Waals surface area contributed by atoms with E-state index in [9.17, 15) is 0 Å². The summed E-state index contributed by atoms with van der Waals surface area (Å²) >= 11 is 0. The smallest absolute Gasteiger partial charge is 0.0178 e. The first-order valence-electron chi connectivity index (χ1n) is 4.77. The van der Waals surface area contributed by atoms with Crippen LogP contribution in [0.5, 0.6) is 0 Å². The molecule has 0 atom stereocenters. The van der Waals surface area contributed by atoms with Gasteiger partial charge in [0.25, 0.3) is 0 Å². The van der Waals surface area contributed by atoms with Crippen molar-refractivity contribution in [2.24, 2.45) is 5.41 Å². The van der Waals surface area contributed by atoms with E-state index in [2.05, 4.69) is 33.1 Å². The highest BCUT2D eigenvalue weighted by atomic mass is 15.0. The summed E-state index contributed by atoms with van der Waals surface area (Å²) in [7, 11) is 2.08. The molecule has 1 fully saturated rings. The normalized spacial score (nSPS) is 22.9. The first-order chi connectivity index (χ1) is 5.08. The van der Waals surface area contributed by atoms with Crippen molar-refractivity contribution < 1.29 is 0 Å². The van der Waals surface area contributed by atoms with Gasteiger partial charge in [-0.05, 0) is 45.6 Å². The van der Waals surface area contributed by atoms with Gasteiger partial charge >= 0.3 is 0 Å². The van der Waals surface area contributed by atoms with Gasteiger partial charge in [0.2, 0.25) is 0 Å². The van der Waals surface area contributed by atoms with Crippen LogP contribution < -0.4 is 5.32 Å². The highest BCUT2D eigenvalue weighted by Crippen LogP contribution is 2.51. The molecule has 0 aromatic rings. The van der Waals surface area contributed by atoms with E-state index >= 15 is 0 Å². The predicted octanol–water partition coefficient (Wildman–Crippen LogP) is 2.56. The molecule has 0 aromatic heterocycles. The highest BCUT2D eigenvalue weighted by molar-refractivity contribution is 5.02. The van der Waals surface area contributed by atoms with Gasteiger partial charge in [-0.1, -0.05) is 13.3 Å². The summed E-state index contributed by atoms with van der Waals surface area (Å²) in [5.41, 5.74) is 0.932. The number of rotatable bonds is 3. The van der Waals surface area contributed by atoms with Crippen molar-refractivity contribution in [3.63, 3.8) is 0 Å². The van der Waals surface area contributed by atoms with Gasteiger partial charge in [-0.25, -0.2) is 0 Å². The van der Waals surface area contributed by atoms with Crippen LogP contribution in [0.4, 0.5) is 0 Å². The van der Waals surface area contributed by atoms with Crippen LogP contribution in [-0.4, -0.2) is 12.6 Å². The topological polar surface area (TPSA) is 12.0 Å². The van der Waals surface area contributed by atoms with Crippen LogP contribution in [0.1, 0.15) is 46.5 Å². The molecular weight excluding hydrogens is 134 g/mol. The van der Waals surface area contributed by atoms with Gasteiger partial charge in [0, 0.05) is 5.54 Å².